The number of thiazole rings is 1. The first-order chi connectivity index (χ1) is 14.9. The van der Waals surface area contributed by atoms with E-state index >= 15 is 0 Å². The molecule has 1 saturated heterocycles. The molecule has 3 aromatic rings. The van der Waals surface area contributed by atoms with Crippen LogP contribution in [-0.2, 0) is 21.2 Å². The number of piperidine rings is 1. The third-order valence-corrected chi connectivity index (χ3v) is 8.51. The predicted molar refractivity (Wildman–Crippen MR) is 115 cm³/mol. The van der Waals surface area contributed by atoms with Gasteiger partial charge >= 0.3 is 0 Å². The van der Waals surface area contributed by atoms with Gasteiger partial charge in [0.15, 0.2) is 0 Å². The third-order valence-electron chi connectivity index (χ3n) is 5.78. The normalized spacial score (nSPS) is 17.5. The molecule has 0 radical (unpaired) electrons. The molecule has 10 heteroatoms. The number of carbonyl (C=O) groups excluding carboxylic acids is 1. The van der Waals surface area contributed by atoms with Crippen LogP contribution in [0.3, 0.4) is 0 Å². The number of amides is 1. The molecular formula is C21H20FN3O4S2. The lowest BCUT2D eigenvalue weighted by molar-refractivity contribution is -0.120. The fourth-order valence-corrected chi connectivity index (χ4v) is 6.28. The molecule has 2 aliphatic heterocycles. The van der Waals surface area contributed by atoms with Gasteiger partial charge in [0.25, 0.3) is 0 Å². The van der Waals surface area contributed by atoms with Gasteiger partial charge in [-0.3, -0.25) is 4.79 Å². The van der Waals surface area contributed by atoms with Gasteiger partial charge in [-0.2, -0.15) is 4.31 Å². The second-order valence-electron chi connectivity index (χ2n) is 7.69. The standard InChI is InChI=1S/C21H20FN3O4S2/c22-16-11-18-14(5-8-29-18)9-20(16)31(27,28)25-6-3-13(4-7-25)21(26)24-15-1-2-19-17(10-15)23-12-30-19/h1-2,9-13H,3-8H2,(H,24,26). The Labute approximate surface area is 182 Å². The Balaban J connectivity index is 1.26. The summed E-state index contributed by atoms with van der Waals surface area (Å²) in [6.07, 6.45) is 1.31. The van der Waals surface area contributed by atoms with E-state index in [1.165, 1.54) is 21.7 Å². The van der Waals surface area contributed by atoms with Crippen LogP contribution in [0.25, 0.3) is 10.2 Å². The van der Waals surface area contributed by atoms with Crippen molar-refractivity contribution in [3.05, 3.63) is 47.2 Å². The molecule has 0 aliphatic carbocycles. The maximum Gasteiger partial charge on any atom is 0.245 e. The lowest BCUT2D eigenvalue weighted by Crippen LogP contribution is -2.41. The topological polar surface area (TPSA) is 88.6 Å². The molecule has 0 unspecified atom stereocenters. The Kier molecular flexibility index (Phi) is 5.15. The van der Waals surface area contributed by atoms with Crippen molar-refractivity contribution in [1.29, 1.82) is 0 Å². The van der Waals surface area contributed by atoms with Gasteiger partial charge in [0.1, 0.15) is 16.5 Å². The van der Waals surface area contributed by atoms with Crippen LogP contribution >= 0.6 is 11.3 Å². The molecule has 1 N–H and O–H groups in total. The van der Waals surface area contributed by atoms with Gasteiger partial charge in [0, 0.05) is 37.2 Å². The van der Waals surface area contributed by atoms with Crippen molar-refractivity contribution < 1.29 is 22.3 Å². The van der Waals surface area contributed by atoms with E-state index < -0.39 is 15.8 Å². The first-order valence-corrected chi connectivity index (χ1v) is 12.3. The van der Waals surface area contributed by atoms with Crippen molar-refractivity contribution in [1.82, 2.24) is 9.29 Å². The van der Waals surface area contributed by atoms with Crippen LogP contribution in [-0.4, -0.2) is 43.3 Å². The number of hydrogen-bond acceptors (Lipinski definition) is 6. The zero-order valence-electron chi connectivity index (χ0n) is 16.5. The van der Waals surface area contributed by atoms with Gasteiger partial charge in [-0.15, -0.1) is 11.3 Å². The first kappa shape index (κ1) is 20.3. The molecule has 7 nitrogen and oxygen atoms in total. The molecule has 2 aromatic carbocycles. The second-order valence-corrected chi connectivity index (χ2v) is 10.5. The van der Waals surface area contributed by atoms with E-state index in [0.29, 0.717) is 42.9 Å². The van der Waals surface area contributed by atoms with Gasteiger partial charge in [0.05, 0.1) is 22.3 Å². The maximum atomic E-state index is 14.5. The van der Waals surface area contributed by atoms with E-state index in [1.54, 1.807) is 5.51 Å². The largest absolute Gasteiger partial charge is 0.493 e. The SMILES string of the molecule is O=C(Nc1ccc2scnc2c1)C1CCN(S(=O)(=O)c2cc3c(cc2F)OCC3)CC1. The van der Waals surface area contributed by atoms with Crippen LogP contribution in [0.5, 0.6) is 5.75 Å². The average Bonchev–Trinajstić information content (AvgIpc) is 3.41. The number of ether oxygens (including phenoxy) is 1. The number of anilines is 1. The minimum absolute atomic E-state index is 0.146. The van der Waals surface area contributed by atoms with E-state index in [9.17, 15) is 17.6 Å². The minimum Gasteiger partial charge on any atom is -0.493 e. The van der Waals surface area contributed by atoms with Crippen molar-refractivity contribution >= 4 is 43.2 Å². The average molecular weight is 462 g/mol. The van der Waals surface area contributed by atoms with Gasteiger partial charge in [-0.05, 0) is 42.7 Å². The molecule has 1 fully saturated rings. The van der Waals surface area contributed by atoms with Crippen LogP contribution in [0.15, 0.2) is 40.7 Å². The molecular weight excluding hydrogens is 441 g/mol. The number of aromatic nitrogens is 1. The number of nitrogens with one attached hydrogen (secondary N) is 1. The van der Waals surface area contributed by atoms with Gasteiger partial charge in [-0.1, -0.05) is 0 Å². The Morgan fingerprint density at radius 3 is 2.84 bits per heavy atom. The summed E-state index contributed by atoms with van der Waals surface area (Å²) < 4.78 is 48.1. The maximum absolute atomic E-state index is 14.5. The number of carbonyl (C=O) groups is 1. The molecule has 31 heavy (non-hydrogen) atoms. The molecule has 2 aliphatic rings. The fourth-order valence-electron chi connectivity index (χ4n) is 4.05. The molecule has 5 rings (SSSR count). The molecule has 162 valence electrons. The molecule has 3 heterocycles. The summed E-state index contributed by atoms with van der Waals surface area (Å²) in [5, 5.41) is 2.90. The van der Waals surface area contributed by atoms with E-state index in [4.69, 9.17) is 4.74 Å². The molecule has 0 spiro atoms. The van der Waals surface area contributed by atoms with Crippen LogP contribution in [0, 0.1) is 11.7 Å². The quantitative estimate of drug-likeness (QED) is 0.643. The van der Waals surface area contributed by atoms with Crippen LogP contribution in [0.2, 0.25) is 0 Å². The van der Waals surface area contributed by atoms with Crippen molar-refractivity contribution in [2.45, 2.75) is 24.2 Å². The summed E-state index contributed by atoms with van der Waals surface area (Å²) in [6, 6.07) is 8.09. The number of rotatable bonds is 4. The number of fused-ring (bicyclic) bond motifs is 2. The van der Waals surface area contributed by atoms with E-state index in [1.807, 2.05) is 18.2 Å². The smallest absolute Gasteiger partial charge is 0.245 e. The second kappa shape index (κ2) is 7.85. The van der Waals surface area contributed by atoms with Crippen LogP contribution in [0.4, 0.5) is 10.1 Å². The fraction of sp³-hybridized carbons (Fsp3) is 0.333. The number of halogens is 1. The van der Waals surface area contributed by atoms with Crippen molar-refractivity contribution in [3.63, 3.8) is 0 Å². The van der Waals surface area contributed by atoms with E-state index in [2.05, 4.69) is 10.3 Å². The number of sulfonamides is 1. The lowest BCUT2D eigenvalue weighted by Gasteiger charge is -2.30. The number of nitrogens with zero attached hydrogens (tertiary/aromatic N) is 2. The van der Waals surface area contributed by atoms with E-state index in [-0.39, 0.29) is 29.8 Å². The highest BCUT2D eigenvalue weighted by molar-refractivity contribution is 7.89. The van der Waals surface area contributed by atoms with Crippen LogP contribution < -0.4 is 10.1 Å². The zero-order chi connectivity index (χ0) is 21.6. The molecule has 0 saturated carbocycles. The lowest BCUT2D eigenvalue weighted by atomic mass is 9.97. The zero-order valence-corrected chi connectivity index (χ0v) is 18.1. The summed E-state index contributed by atoms with van der Waals surface area (Å²) in [6.45, 7) is 0.755. The van der Waals surface area contributed by atoms with E-state index in [0.717, 1.165) is 16.3 Å². The Morgan fingerprint density at radius 2 is 2.03 bits per heavy atom. The molecule has 1 aromatic heterocycles. The summed E-state index contributed by atoms with van der Waals surface area (Å²) in [5.74, 6) is -0.857. The summed E-state index contributed by atoms with van der Waals surface area (Å²) >= 11 is 1.53. The Morgan fingerprint density at radius 1 is 1.23 bits per heavy atom. The van der Waals surface area contributed by atoms with Gasteiger partial charge in [0.2, 0.25) is 15.9 Å². The number of benzene rings is 2. The highest BCUT2D eigenvalue weighted by Gasteiger charge is 2.34. The summed E-state index contributed by atoms with van der Waals surface area (Å²) in [7, 11) is -3.98. The Hall–Kier alpha value is -2.56. The van der Waals surface area contributed by atoms with Gasteiger partial charge < -0.3 is 10.1 Å². The van der Waals surface area contributed by atoms with Gasteiger partial charge in [-0.25, -0.2) is 17.8 Å². The summed E-state index contributed by atoms with van der Waals surface area (Å²) in [4.78, 5) is 16.6. The minimum atomic E-state index is -3.98. The van der Waals surface area contributed by atoms with Crippen molar-refractivity contribution in [2.75, 3.05) is 25.0 Å². The molecule has 0 bridgehead atoms. The molecule has 0 atom stereocenters. The molecule has 1 amide bonds. The first-order valence-electron chi connectivity index (χ1n) is 10.0. The van der Waals surface area contributed by atoms with Crippen molar-refractivity contribution in [2.24, 2.45) is 5.92 Å². The highest BCUT2D eigenvalue weighted by atomic mass is 32.2. The third kappa shape index (κ3) is 3.79. The van der Waals surface area contributed by atoms with Crippen LogP contribution in [0.1, 0.15) is 18.4 Å². The Bertz CT molecular complexity index is 1270. The predicted octanol–water partition coefficient (Wildman–Crippen LogP) is 3.41. The monoisotopic (exact) mass is 461 g/mol. The summed E-state index contributed by atoms with van der Waals surface area (Å²) in [5.41, 5.74) is 3.95. The number of hydrogen-bond donors (Lipinski definition) is 1. The highest BCUT2D eigenvalue weighted by Crippen LogP contribution is 2.33. The van der Waals surface area contributed by atoms with Crippen molar-refractivity contribution in [3.8, 4) is 5.75 Å².